The molecule has 1 aromatic heterocycles. The minimum Gasteiger partial charge on any atom is -0.387 e. The van der Waals surface area contributed by atoms with Crippen molar-refractivity contribution in [2.24, 2.45) is 0 Å². The molecule has 7 nitrogen and oxygen atoms in total. The first-order valence-electron chi connectivity index (χ1n) is 13.1. The van der Waals surface area contributed by atoms with Crippen molar-refractivity contribution in [3.63, 3.8) is 0 Å². The lowest BCUT2D eigenvalue weighted by atomic mass is 9.87. The molecule has 0 radical (unpaired) electrons. The zero-order valence-corrected chi connectivity index (χ0v) is 21.7. The third-order valence-corrected chi connectivity index (χ3v) is 8.15. The Kier molecular flexibility index (Phi) is 6.88. The van der Waals surface area contributed by atoms with Crippen LogP contribution in [-0.4, -0.2) is 63.6 Å². The van der Waals surface area contributed by atoms with E-state index in [9.17, 15) is 23.1 Å². The maximum absolute atomic E-state index is 15.1. The number of fused-ring (bicyclic) bond motifs is 1. The quantitative estimate of drug-likeness (QED) is 0.573. The van der Waals surface area contributed by atoms with Crippen molar-refractivity contribution in [2.75, 3.05) is 31.1 Å². The molecule has 2 aliphatic heterocycles. The lowest BCUT2D eigenvalue weighted by Crippen LogP contribution is -2.53. The van der Waals surface area contributed by atoms with Crippen LogP contribution in [0.2, 0.25) is 0 Å². The molecular weight excluding hydrogens is 502 g/mol. The molecule has 0 spiro atoms. The molecule has 4 atom stereocenters. The Labute approximate surface area is 219 Å². The maximum Gasteiger partial charge on any atom is 0.416 e. The molecule has 1 aliphatic carbocycles. The van der Waals surface area contributed by atoms with Crippen LogP contribution in [0, 0.1) is 5.82 Å². The average Bonchev–Trinajstić information content (AvgIpc) is 3.37. The van der Waals surface area contributed by atoms with Gasteiger partial charge in [-0.05, 0) is 57.2 Å². The van der Waals surface area contributed by atoms with Gasteiger partial charge in [0.15, 0.2) is 0 Å². The molecule has 2 N–H and O–H groups in total. The Bertz CT molecular complexity index is 1210. The van der Waals surface area contributed by atoms with Gasteiger partial charge < -0.3 is 20.2 Å². The number of rotatable bonds is 4. The molecule has 0 bridgehead atoms. The van der Waals surface area contributed by atoms with E-state index in [4.69, 9.17) is 0 Å². The molecule has 2 unspecified atom stereocenters. The fourth-order valence-corrected chi connectivity index (χ4v) is 6.18. The zero-order chi connectivity index (χ0) is 27.4. The van der Waals surface area contributed by atoms with E-state index in [1.807, 2.05) is 20.8 Å². The SMILES string of the molecule is C[C@@H]1C[C@@H](O)c2ncnc(N3CCN(C(=O)C(c4cc(C(F)(F)F)ccc4F)C4CCC(C)(C)N4)CC3)c21. The van der Waals surface area contributed by atoms with Gasteiger partial charge in [-0.2, -0.15) is 13.2 Å². The number of carbonyl (C=O) groups is 1. The van der Waals surface area contributed by atoms with Gasteiger partial charge >= 0.3 is 6.18 Å². The average molecular weight is 536 g/mol. The summed E-state index contributed by atoms with van der Waals surface area (Å²) < 4.78 is 55.6. The molecule has 3 aliphatic rings. The molecular formula is C27H33F4N5O2. The summed E-state index contributed by atoms with van der Waals surface area (Å²) in [6, 6.07) is 1.82. The summed E-state index contributed by atoms with van der Waals surface area (Å²) in [5, 5.41) is 13.7. The molecule has 2 fully saturated rings. The number of piperazine rings is 1. The normalized spacial score (nSPS) is 25.9. The largest absolute Gasteiger partial charge is 0.416 e. The number of aromatic nitrogens is 2. The Hall–Kier alpha value is -2.79. The summed E-state index contributed by atoms with van der Waals surface area (Å²) in [4.78, 5) is 26.3. The molecule has 3 heterocycles. The van der Waals surface area contributed by atoms with Crippen LogP contribution in [-0.2, 0) is 11.0 Å². The number of amides is 1. The molecule has 11 heteroatoms. The van der Waals surface area contributed by atoms with Crippen LogP contribution < -0.4 is 10.2 Å². The predicted octanol–water partition coefficient (Wildman–Crippen LogP) is 4.14. The molecule has 2 aromatic rings. The third kappa shape index (κ3) is 4.98. The standard InChI is InChI=1S/C27H33F4N5O2/c1-15-12-20(37)23-21(15)24(33-14-32-23)35-8-10-36(11-9-35)25(38)22(19-6-7-26(2,3)34-19)17-13-16(27(29,30)31)4-5-18(17)28/h4-5,13-15,19-20,22,34,37H,6-12H2,1-3H3/t15-,19?,20-,22?/m1/s1. The molecule has 5 rings (SSSR count). The van der Waals surface area contributed by atoms with E-state index in [-0.39, 0.29) is 22.9 Å². The van der Waals surface area contributed by atoms with Gasteiger partial charge in [-0.25, -0.2) is 14.4 Å². The van der Waals surface area contributed by atoms with E-state index < -0.39 is 35.6 Å². The Morgan fingerprint density at radius 2 is 1.89 bits per heavy atom. The van der Waals surface area contributed by atoms with Crippen molar-refractivity contribution >= 4 is 11.7 Å². The van der Waals surface area contributed by atoms with Gasteiger partial charge in [-0.1, -0.05) is 6.92 Å². The molecule has 1 amide bonds. The monoisotopic (exact) mass is 535 g/mol. The third-order valence-electron chi connectivity index (χ3n) is 8.15. The van der Waals surface area contributed by atoms with Crippen LogP contribution in [0.1, 0.15) is 80.4 Å². The Morgan fingerprint density at radius 3 is 2.53 bits per heavy atom. The number of carbonyl (C=O) groups excluding carboxylic acids is 1. The van der Waals surface area contributed by atoms with Gasteiger partial charge in [-0.3, -0.25) is 4.79 Å². The van der Waals surface area contributed by atoms with Crippen molar-refractivity contribution in [2.45, 2.75) is 75.7 Å². The lowest BCUT2D eigenvalue weighted by Gasteiger charge is -2.39. The lowest BCUT2D eigenvalue weighted by molar-refractivity contribution is -0.138. The highest BCUT2D eigenvalue weighted by molar-refractivity contribution is 5.85. The molecule has 206 valence electrons. The van der Waals surface area contributed by atoms with E-state index in [2.05, 4.69) is 20.2 Å². The highest BCUT2D eigenvalue weighted by atomic mass is 19.4. The summed E-state index contributed by atoms with van der Waals surface area (Å²) in [7, 11) is 0. The van der Waals surface area contributed by atoms with Crippen molar-refractivity contribution in [1.29, 1.82) is 0 Å². The van der Waals surface area contributed by atoms with Crippen LogP contribution in [0.5, 0.6) is 0 Å². The van der Waals surface area contributed by atoms with Crippen molar-refractivity contribution in [3.8, 4) is 0 Å². The van der Waals surface area contributed by atoms with E-state index in [1.165, 1.54) is 6.33 Å². The summed E-state index contributed by atoms with van der Waals surface area (Å²) >= 11 is 0. The van der Waals surface area contributed by atoms with Crippen LogP contribution in [0.15, 0.2) is 24.5 Å². The van der Waals surface area contributed by atoms with Crippen LogP contribution in [0.3, 0.4) is 0 Å². The summed E-state index contributed by atoms with van der Waals surface area (Å²) in [5.41, 5.74) is 0.0490. The number of alkyl halides is 3. The molecule has 1 aromatic carbocycles. The number of aliphatic hydroxyl groups is 1. The number of anilines is 1. The van der Waals surface area contributed by atoms with E-state index in [1.54, 1.807) is 4.90 Å². The first-order chi connectivity index (χ1) is 17.9. The van der Waals surface area contributed by atoms with E-state index >= 15 is 4.39 Å². The molecule has 0 saturated carbocycles. The number of nitrogens with zero attached hydrogens (tertiary/aromatic N) is 4. The maximum atomic E-state index is 15.1. The van der Waals surface area contributed by atoms with Crippen LogP contribution >= 0.6 is 0 Å². The number of benzene rings is 1. The summed E-state index contributed by atoms with van der Waals surface area (Å²) in [5.74, 6) is -1.43. The van der Waals surface area contributed by atoms with Crippen LogP contribution in [0.25, 0.3) is 0 Å². The number of halogens is 4. The molecule has 2 saturated heterocycles. The van der Waals surface area contributed by atoms with E-state index in [0.717, 1.165) is 29.9 Å². The van der Waals surface area contributed by atoms with Gasteiger partial charge in [0.1, 0.15) is 18.0 Å². The topological polar surface area (TPSA) is 81.6 Å². The minimum absolute atomic E-state index is 0.0981. The van der Waals surface area contributed by atoms with Gasteiger partial charge in [0.05, 0.1) is 23.3 Å². The number of nitrogens with one attached hydrogen (secondary N) is 1. The summed E-state index contributed by atoms with van der Waals surface area (Å²) in [6.07, 6.45) is -1.99. The smallest absolute Gasteiger partial charge is 0.387 e. The predicted molar refractivity (Wildman–Crippen MR) is 133 cm³/mol. The second-order valence-electron chi connectivity index (χ2n) is 11.3. The van der Waals surface area contributed by atoms with Gasteiger partial charge in [0, 0.05) is 48.9 Å². The van der Waals surface area contributed by atoms with Gasteiger partial charge in [0.2, 0.25) is 5.91 Å². The van der Waals surface area contributed by atoms with Gasteiger partial charge in [0.25, 0.3) is 0 Å². The van der Waals surface area contributed by atoms with Crippen molar-refractivity contribution < 1.29 is 27.5 Å². The highest BCUT2D eigenvalue weighted by Crippen LogP contribution is 2.43. The van der Waals surface area contributed by atoms with Crippen molar-refractivity contribution in [3.05, 3.63) is 52.7 Å². The highest BCUT2D eigenvalue weighted by Gasteiger charge is 2.43. The number of aliphatic hydroxyl groups excluding tert-OH is 1. The van der Waals surface area contributed by atoms with Gasteiger partial charge in [-0.15, -0.1) is 0 Å². The minimum atomic E-state index is -4.65. The van der Waals surface area contributed by atoms with Crippen molar-refractivity contribution in [1.82, 2.24) is 20.2 Å². The number of hydrogen-bond acceptors (Lipinski definition) is 6. The first-order valence-corrected chi connectivity index (χ1v) is 13.1. The second kappa shape index (κ2) is 9.75. The zero-order valence-electron chi connectivity index (χ0n) is 21.7. The fraction of sp³-hybridized carbons (Fsp3) is 0.593. The summed E-state index contributed by atoms with van der Waals surface area (Å²) in [6.45, 7) is 7.51. The number of hydrogen-bond donors (Lipinski definition) is 2. The fourth-order valence-electron chi connectivity index (χ4n) is 6.18. The second-order valence-corrected chi connectivity index (χ2v) is 11.3. The van der Waals surface area contributed by atoms with Crippen LogP contribution in [0.4, 0.5) is 23.4 Å². The Balaban J connectivity index is 1.40. The molecule has 38 heavy (non-hydrogen) atoms. The van der Waals surface area contributed by atoms with E-state index in [0.29, 0.717) is 50.8 Å². The first kappa shape index (κ1) is 26.8. The Morgan fingerprint density at radius 1 is 1.18 bits per heavy atom.